The molecule has 0 radical (unpaired) electrons. The molecule has 0 spiro atoms. The fourth-order valence-electron chi connectivity index (χ4n) is 3.60. The number of hydrogen-bond acceptors (Lipinski definition) is 3. The van der Waals surface area contributed by atoms with E-state index < -0.39 is 5.60 Å². The number of amides is 2. The molecule has 1 aromatic rings. The Morgan fingerprint density at radius 2 is 1.44 bits per heavy atom. The van der Waals surface area contributed by atoms with Gasteiger partial charge in [-0.3, -0.25) is 4.79 Å². The average molecular weight is 447 g/mol. The number of hydrogen-bond donors (Lipinski definition) is 2. The quantitative estimate of drug-likeness (QED) is 0.293. The second-order valence-electron chi connectivity index (χ2n) is 10.5. The zero-order chi connectivity index (χ0) is 24.0. The van der Waals surface area contributed by atoms with Crippen molar-refractivity contribution in [3.8, 4) is 0 Å². The molecule has 0 atom stereocenters. The molecule has 0 saturated carbocycles. The molecule has 32 heavy (non-hydrogen) atoms. The Hall–Kier alpha value is -2.04. The largest absolute Gasteiger partial charge is 0.444 e. The number of aryl methyl sites for hydroxylation is 1. The maximum Gasteiger partial charge on any atom is 0.408 e. The van der Waals surface area contributed by atoms with Crippen molar-refractivity contribution in [2.75, 3.05) is 5.32 Å². The molecular formula is C27H46N2O3. The Morgan fingerprint density at radius 3 is 2.03 bits per heavy atom. The fourth-order valence-corrected chi connectivity index (χ4v) is 3.60. The van der Waals surface area contributed by atoms with Crippen LogP contribution in [0, 0.1) is 0 Å². The van der Waals surface area contributed by atoms with Crippen LogP contribution in [-0.2, 0) is 16.0 Å². The molecule has 5 nitrogen and oxygen atoms in total. The van der Waals surface area contributed by atoms with Crippen LogP contribution in [0.2, 0.25) is 0 Å². The number of nitrogens with one attached hydrogen (secondary N) is 2. The molecule has 182 valence electrons. The van der Waals surface area contributed by atoms with E-state index in [0.717, 1.165) is 37.8 Å². The van der Waals surface area contributed by atoms with Crippen molar-refractivity contribution in [3.63, 3.8) is 0 Å². The summed E-state index contributed by atoms with van der Waals surface area (Å²) in [6.45, 7) is 11.8. The fraction of sp³-hybridized carbons (Fsp3) is 0.704. The summed E-state index contributed by atoms with van der Waals surface area (Å²) in [5.41, 5.74) is 1.26. The van der Waals surface area contributed by atoms with Crippen LogP contribution in [0.5, 0.6) is 0 Å². The van der Waals surface area contributed by atoms with Crippen LogP contribution in [0.15, 0.2) is 24.3 Å². The molecule has 0 aliphatic heterocycles. The van der Waals surface area contributed by atoms with Gasteiger partial charge in [0.1, 0.15) is 5.60 Å². The van der Waals surface area contributed by atoms with Crippen molar-refractivity contribution in [2.45, 2.75) is 123 Å². The number of benzene rings is 1. The summed E-state index contributed by atoms with van der Waals surface area (Å²) in [7, 11) is 0. The van der Waals surface area contributed by atoms with Gasteiger partial charge in [0.25, 0.3) is 0 Å². The maximum absolute atomic E-state index is 12.1. The number of alkyl carbamates (subject to hydrolysis) is 1. The van der Waals surface area contributed by atoms with Gasteiger partial charge in [-0.15, -0.1) is 0 Å². The first-order chi connectivity index (χ1) is 15.0. The zero-order valence-corrected chi connectivity index (χ0v) is 21.3. The lowest BCUT2D eigenvalue weighted by Crippen LogP contribution is -2.45. The van der Waals surface area contributed by atoms with Crippen LogP contribution >= 0.6 is 0 Å². The van der Waals surface area contributed by atoms with Crippen molar-refractivity contribution in [2.24, 2.45) is 0 Å². The average Bonchev–Trinajstić information content (AvgIpc) is 2.66. The van der Waals surface area contributed by atoms with Crippen molar-refractivity contribution >= 4 is 17.7 Å². The van der Waals surface area contributed by atoms with Crippen LogP contribution in [0.25, 0.3) is 0 Å². The van der Waals surface area contributed by atoms with E-state index in [0.29, 0.717) is 6.42 Å². The van der Waals surface area contributed by atoms with Gasteiger partial charge in [-0.2, -0.15) is 0 Å². The molecule has 0 unspecified atom stereocenters. The minimum Gasteiger partial charge on any atom is -0.444 e. The van der Waals surface area contributed by atoms with E-state index in [2.05, 4.69) is 29.7 Å². The highest BCUT2D eigenvalue weighted by atomic mass is 16.6. The summed E-state index contributed by atoms with van der Waals surface area (Å²) in [5, 5.41) is 5.96. The lowest BCUT2D eigenvalue weighted by Gasteiger charge is -2.28. The summed E-state index contributed by atoms with van der Waals surface area (Å²) < 4.78 is 5.35. The van der Waals surface area contributed by atoms with Crippen LogP contribution in [0.4, 0.5) is 10.5 Å². The maximum atomic E-state index is 12.1. The smallest absolute Gasteiger partial charge is 0.408 e. The minimum atomic E-state index is -0.494. The van der Waals surface area contributed by atoms with Crippen molar-refractivity contribution in [1.29, 1.82) is 0 Å². The van der Waals surface area contributed by atoms with Gasteiger partial charge in [0.05, 0.1) is 0 Å². The van der Waals surface area contributed by atoms with Crippen LogP contribution in [-0.4, -0.2) is 23.1 Å². The standard InChI is InChI=1S/C27H46N2O3/c1-7-8-9-10-11-12-13-16-24(30)28-23-19-17-22(18-20-23)15-14-21-27(5,6)29-25(31)32-26(2,3)4/h17-20H,7-16,21H2,1-6H3,(H,28,30)(H,29,31). The summed E-state index contributed by atoms with van der Waals surface area (Å²) in [6.07, 6.45) is 11.4. The van der Waals surface area contributed by atoms with Gasteiger partial charge in [0, 0.05) is 17.6 Å². The predicted octanol–water partition coefficient (Wildman–Crippen LogP) is 7.39. The second-order valence-corrected chi connectivity index (χ2v) is 10.5. The Morgan fingerprint density at radius 1 is 0.844 bits per heavy atom. The third-order valence-corrected chi connectivity index (χ3v) is 5.35. The van der Waals surface area contributed by atoms with Crippen LogP contribution in [0.1, 0.15) is 111 Å². The van der Waals surface area contributed by atoms with Crippen molar-refractivity contribution < 1.29 is 14.3 Å². The van der Waals surface area contributed by atoms with E-state index in [4.69, 9.17) is 4.74 Å². The lowest BCUT2D eigenvalue weighted by molar-refractivity contribution is -0.116. The number of carbonyl (C=O) groups is 2. The van der Waals surface area contributed by atoms with Crippen molar-refractivity contribution in [3.05, 3.63) is 29.8 Å². The number of unbranched alkanes of at least 4 members (excludes halogenated alkanes) is 6. The minimum absolute atomic E-state index is 0.0984. The van der Waals surface area contributed by atoms with Gasteiger partial charge >= 0.3 is 6.09 Å². The molecule has 0 aliphatic rings. The number of anilines is 1. The van der Waals surface area contributed by atoms with E-state index in [9.17, 15) is 9.59 Å². The van der Waals surface area contributed by atoms with E-state index in [1.165, 1.54) is 37.7 Å². The highest BCUT2D eigenvalue weighted by molar-refractivity contribution is 5.90. The molecule has 0 bridgehead atoms. The van der Waals surface area contributed by atoms with Gasteiger partial charge in [0.2, 0.25) is 5.91 Å². The Labute approximate surface area is 196 Å². The predicted molar refractivity (Wildman–Crippen MR) is 134 cm³/mol. The first kappa shape index (κ1) is 28.0. The Balaban J connectivity index is 2.28. The molecule has 0 heterocycles. The van der Waals surface area contributed by atoms with Crippen LogP contribution in [0.3, 0.4) is 0 Å². The first-order valence-corrected chi connectivity index (χ1v) is 12.4. The van der Waals surface area contributed by atoms with Gasteiger partial charge in [-0.1, -0.05) is 57.6 Å². The molecule has 1 aromatic carbocycles. The third kappa shape index (κ3) is 14.1. The van der Waals surface area contributed by atoms with Gasteiger partial charge in [-0.05, 0) is 78.0 Å². The van der Waals surface area contributed by atoms with Gasteiger partial charge in [-0.25, -0.2) is 4.79 Å². The zero-order valence-electron chi connectivity index (χ0n) is 21.3. The van der Waals surface area contributed by atoms with Gasteiger partial charge in [0.15, 0.2) is 0 Å². The van der Waals surface area contributed by atoms with E-state index in [1.807, 2.05) is 46.8 Å². The SMILES string of the molecule is CCCCCCCCCC(=O)Nc1ccc(CCCC(C)(C)NC(=O)OC(C)(C)C)cc1. The highest BCUT2D eigenvalue weighted by Crippen LogP contribution is 2.18. The van der Waals surface area contributed by atoms with E-state index in [-0.39, 0.29) is 17.5 Å². The molecule has 1 rings (SSSR count). The lowest BCUT2D eigenvalue weighted by atomic mass is 9.95. The summed E-state index contributed by atoms with van der Waals surface area (Å²) in [6, 6.07) is 8.08. The number of rotatable bonds is 14. The summed E-state index contributed by atoms with van der Waals surface area (Å²) in [5.74, 6) is 0.0984. The molecule has 0 fully saturated rings. The van der Waals surface area contributed by atoms with E-state index in [1.54, 1.807) is 0 Å². The molecule has 2 amide bonds. The molecule has 0 aliphatic carbocycles. The molecular weight excluding hydrogens is 400 g/mol. The normalized spacial score (nSPS) is 11.8. The molecule has 0 saturated heterocycles. The third-order valence-electron chi connectivity index (χ3n) is 5.35. The van der Waals surface area contributed by atoms with Crippen LogP contribution < -0.4 is 10.6 Å². The summed E-state index contributed by atoms with van der Waals surface area (Å²) >= 11 is 0. The number of carbonyl (C=O) groups excluding carboxylic acids is 2. The highest BCUT2D eigenvalue weighted by Gasteiger charge is 2.24. The first-order valence-electron chi connectivity index (χ1n) is 12.4. The summed E-state index contributed by atoms with van der Waals surface area (Å²) in [4.78, 5) is 24.1. The molecule has 5 heteroatoms. The van der Waals surface area contributed by atoms with Crippen molar-refractivity contribution in [1.82, 2.24) is 5.32 Å². The molecule has 2 N–H and O–H groups in total. The number of ether oxygens (including phenoxy) is 1. The Kier molecular flexibility index (Phi) is 12.4. The monoisotopic (exact) mass is 446 g/mol. The second kappa shape index (κ2) is 14.2. The molecule has 0 aromatic heterocycles. The Bertz CT molecular complexity index is 675. The van der Waals surface area contributed by atoms with Gasteiger partial charge < -0.3 is 15.4 Å². The van der Waals surface area contributed by atoms with E-state index >= 15 is 0 Å². The topological polar surface area (TPSA) is 67.4 Å².